The average Bonchev–Trinajstić information content (AvgIpc) is 1.87. The molecule has 60 valence electrons. The van der Waals surface area contributed by atoms with E-state index in [0.717, 1.165) is 19.6 Å². The molecule has 2 N–H and O–H groups in total. The molecule has 2 heteroatoms. The molecule has 0 heterocycles. The zero-order valence-electron chi connectivity index (χ0n) is 7.01. The Hall–Kier alpha value is -0.340. The van der Waals surface area contributed by atoms with Gasteiger partial charge in [-0.1, -0.05) is 6.08 Å². The van der Waals surface area contributed by atoms with Crippen molar-refractivity contribution in [2.75, 3.05) is 19.6 Å². The number of hydrogen-bond donors (Lipinski definition) is 1. The monoisotopic (exact) mass is 142 g/mol. The van der Waals surface area contributed by atoms with E-state index in [1.54, 1.807) is 0 Å². The highest BCUT2D eigenvalue weighted by molar-refractivity contribution is 4.75. The standard InChI is InChI=1S/C8H18N2/c1-4-6-10(7-5-9)8(2)3/h4,8H,1,5-7,9H2,2-3H3. The van der Waals surface area contributed by atoms with E-state index in [2.05, 4.69) is 25.3 Å². The fourth-order valence-corrected chi connectivity index (χ4v) is 0.892. The first-order valence-electron chi connectivity index (χ1n) is 3.77. The Morgan fingerprint density at radius 2 is 2.20 bits per heavy atom. The largest absolute Gasteiger partial charge is 0.329 e. The third-order valence-corrected chi connectivity index (χ3v) is 1.51. The first-order chi connectivity index (χ1) is 4.72. The van der Waals surface area contributed by atoms with E-state index in [1.807, 2.05) is 6.08 Å². The Bertz CT molecular complexity index is 89.3. The van der Waals surface area contributed by atoms with Gasteiger partial charge in [0.1, 0.15) is 0 Å². The van der Waals surface area contributed by atoms with Crippen LogP contribution in [0.3, 0.4) is 0 Å². The van der Waals surface area contributed by atoms with Crippen molar-refractivity contribution in [2.24, 2.45) is 5.73 Å². The maximum atomic E-state index is 5.42. The summed E-state index contributed by atoms with van der Waals surface area (Å²) >= 11 is 0. The van der Waals surface area contributed by atoms with Crippen molar-refractivity contribution in [1.29, 1.82) is 0 Å². The number of nitrogens with zero attached hydrogens (tertiary/aromatic N) is 1. The van der Waals surface area contributed by atoms with Crippen LogP contribution in [0.5, 0.6) is 0 Å². The quantitative estimate of drug-likeness (QED) is 0.576. The van der Waals surface area contributed by atoms with Crippen molar-refractivity contribution in [1.82, 2.24) is 4.90 Å². The van der Waals surface area contributed by atoms with Crippen LogP contribution in [0.25, 0.3) is 0 Å². The van der Waals surface area contributed by atoms with Gasteiger partial charge in [0.05, 0.1) is 0 Å². The Kier molecular flexibility index (Phi) is 5.26. The van der Waals surface area contributed by atoms with Crippen LogP contribution in [-0.4, -0.2) is 30.6 Å². The predicted octanol–water partition coefficient (Wildman–Crippen LogP) is 0.842. The molecule has 0 aliphatic heterocycles. The lowest BCUT2D eigenvalue weighted by Gasteiger charge is -2.23. The maximum absolute atomic E-state index is 5.42. The van der Waals surface area contributed by atoms with Gasteiger partial charge in [-0.15, -0.1) is 6.58 Å². The minimum Gasteiger partial charge on any atom is -0.329 e. The average molecular weight is 142 g/mol. The van der Waals surface area contributed by atoms with Crippen LogP contribution < -0.4 is 5.73 Å². The fourth-order valence-electron chi connectivity index (χ4n) is 0.892. The third kappa shape index (κ3) is 3.64. The summed E-state index contributed by atoms with van der Waals surface area (Å²) in [5.41, 5.74) is 5.42. The van der Waals surface area contributed by atoms with Gasteiger partial charge in [0.2, 0.25) is 0 Å². The molecular weight excluding hydrogens is 124 g/mol. The van der Waals surface area contributed by atoms with E-state index in [9.17, 15) is 0 Å². The second-order valence-electron chi connectivity index (χ2n) is 2.67. The predicted molar refractivity (Wildman–Crippen MR) is 46.0 cm³/mol. The van der Waals surface area contributed by atoms with Crippen molar-refractivity contribution < 1.29 is 0 Å². The minimum absolute atomic E-state index is 0.571. The van der Waals surface area contributed by atoms with E-state index in [1.165, 1.54) is 0 Å². The van der Waals surface area contributed by atoms with E-state index in [4.69, 9.17) is 5.73 Å². The molecule has 0 aromatic carbocycles. The first-order valence-corrected chi connectivity index (χ1v) is 3.77. The van der Waals surface area contributed by atoms with E-state index < -0.39 is 0 Å². The van der Waals surface area contributed by atoms with E-state index >= 15 is 0 Å². The van der Waals surface area contributed by atoms with Crippen LogP contribution >= 0.6 is 0 Å². The van der Waals surface area contributed by atoms with Gasteiger partial charge in [-0.25, -0.2) is 0 Å². The van der Waals surface area contributed by atoms with Gasteiger partial charge in [-0.05, 0) is 13.8 Å². The number of hydrogen-bond acceptors (Lipinski definition) is 2. The van der Waals surface area contributed by atoms with Crippen LogP contribution in [0.4, 0.5) is 0 Å². The first kappa shape index (κ1) is 9.66. The van der Waals surface area contributed by atoms with Crippen molar-refractivity contribution in [3.8, 4) is 0 Å². The SMILES string of the molecule is C=CCN(CCN)C(C)C. The van der Waals surface area contributed by atoms with Gasteiger partial charge in [0.25, 0.3) is 0 Å². The summed E-state index contributed by atoms with van der Waals surface area (Å²) in [5.74, 6) is 0. The molecule has 0 aliphatic rings. The normalized spacial score (nSPS) is 10.9. The van der Waals surface area contributed by atoms with E-state index in [-0.39, 0.29) is 0 Å². The molecule has 0 aliphatic carbocycles. The Balaban J connectivity index is 3.60. The molecular formula is C8H18N2. The smallest absolute Gasteiger partial charge is 0.0163 e. The Labute approximate surface area is 63.7 Å². The van der Waals surface area contributed by atoms with Crippen LogP contribution in [0, 0.1) is 0 Å². The molecule has 0 amide bonds. The van der Waals surface area contributed by atoms with Gasteiger partial charge in [-0.2, -0.15) is 0 Å². The lowest BCUT2D eigenvalue weighted by Crippen LogP contribution is -2.35. The molecule has 0 bridgehead atoms. The molecule has 0 saturated heterocycles. The highest BCUT2D eigenvalue weighted by Gasteiger charge is 2.04. The summed E-state index contributed by atoms with van der Waals surface area (Å²) in [4.78, 5) is 2.28. The van der Waals surface area contributed by atoms with Crippen LogP contribution in [0.1, 0.15) is 13.8 Å². The lowest BCUT2D eigenvalue weighted by atomic mass is 10.3. The molecule has 0 atom stereocenters. The molecule has 0 rings (SSSR count). The molecule has 0 aromatic rings. The molecule has 2 nitrogen and oxygen atoms in total. The van der Waals surface area contributed by atoms with Crippen LogP contribution in [0.2, 0.25) is 0 Å². The second kappa shape index (κ2) is 5.45. The van der Waals surface area contributed by atoms with Gasteiger partial charge in [0, 0.05) is 25.7 Å². The van der Waals surface area contributed by atoms with E-state index in [0.29, 0.717) is 6.04 Å². The highest BCUT2D eigenvalue weighted by atomic mass is 15.1. The van der Waals surface area contributed by atoms with Crippen molar-refractivity contribution in [3.05, 3.63) is 12.7 Å². The Morgan fingerprint density at radius 3 is 2.50 bits per heavy atom. The summed E-state index contributed by atoms with van der Waals surface area (Å²) in [6.45, 7) is 10.6. The molecule has 0 spiro atoms. The van der Waals surface area contributed by atoms with Gasteiger partial charge in [-0.3, -0.25) is 4.90 Å². The number of rotatable bonds is 5. The zero-order valence-corrected chi connectivity index (χ0v) is 7.01. The van der Waals surface area contributed by atoms with Crippen molar-refractivity contribution in [2.45, 2.75) is 19.9 Å². The second-order valence-corrected chi connectivity index (χ2v) is 2.67. The molecule has 0 aromatic heterocycles. The highest BCUT2D eigenvalue weighted by Crippen LogP contribution is 1.95. The molecule has 10 heavy (non-hydrogen) atoms. The maximum Gasteiger partial charge on any atom is 0.0163 e. The van der Waals surface area contributed by atoms with Crippen LogP contribution in [0.15, 0.2) is 12.7 Å². The molecule has 0 unspecified atom stereocenters. The number of nitrogens with two attached hydrogens (primary N) is 1. The summed E-state index contributed by atoms with van der Waals surface area (Å²) in [6.07, 6.45) is 1.91. The van der Waals surface area contributed by atoms with Gasteiger partial charge >= 0.3 is 0 Å². The topological polar surface area (TPSA) is 29.3 Å². The third-order valence-electron chi connectivity index (χ3n) is 1.51. The summed E-state index contributed by atoms with van der Waals surface area (Å²) in [5, 5.41) is 0. The zero-order chi connectivity index (χ0) is 7.98. The molecule has 0 saturated carbocycles. The molecule has 0 fully saturated rings. The van der Waals surface area contributed by atoms with Crippen molar-refractivity contribution in [3.63, 3.8) is 0 Å². The van der Waals surface area contributed by atoms with Crippen LogP contribution in [-0.2, 0) is 0 Å². The summed E-state index contributed by atoms with van der Waals surface area (Å²) in [7, 11) is 0. The fraction of sp³-hybridized carbons (Fsp3) is 0.750. The van der Waals surface area contributed by atoms with Gasteiger partial charge < -0.3 is 5.73 Å². The Morgan fingerprint density at radius 1 is 1.60 bits per heavy atom. The summed E-state index contributed by atoms with van der Waals surface area (Å²) in [6, 6.07) is 0.571. The minimum atomic E-state index is 0.571. The van der Waals surface area contributed by atoms with Crippen molar-refractivity contribution >= 4 is 0 Å². The van der Waals surface area contributed by atoms with Gasteiger partial charge in [0.15, 0.2) is 0 Å². The lowest BCUT2D eigenvalue weighted by molar-refractivity contribution is 0.253. The summed E-state index contributed by atoms with van der Waals surface area (Å²) < 4.78 is 0. The molecule has 0 radical (unpaired) electrons.